The van der Waals surface area contributed by atoms with E-state index in [2.05, 4.69) is 10.3 Å². The lowest BCUT2D eigenvalue weighted by atomic mass is 10.00. The predicted octanol–water partition coefficient (Wildman–Crippen LogP) is 1.56. The Bertz CT molecular complexity index is 531. The van der Waals surface area contributed by atoms with Crippen LogP contribution >= 0.6 is 24.8 Å². The molecule has 1 aliphatic rings. The molecular weight excluding hydrogens is 363 g/mol. The first-order valence-electron chi connectivity index (χ1n) is 8.22. The molecule has 142 valence electrons. The fourth-order valence-corrected chi connectivity index (χ4v) is 2.89. The molecule has 2 amide bonds. The van der Waals surface area contributed by atoms with E-state index in [1.54, 1.807) is 18.1 Å². The van der Waals surface area contributed by atoms with Crippen LogP contribution in [0.5, 0.6) is 0 Å². The molecule has 1 saturated carbocycles. The minimum Gasteiger partial charge on any atom is -0.347 e. The number of carbonyl (C=O) groups excluding carboxylic acids is 2. The number of hydrogen-bond acceptors (Lipinski definition) is 4. The van der Waals surface area contributed by atoms with Crippen LogP contribution in [0.25, 0.3) is 0 Å². The van der Waals surface area contributed by atoms with Crippen molar-refractivity contribution >= 4 is 36.6 Å². The highest BCUT2D eigenvalue weighted by Crippen LogP contribution is 2.26. The Morgan fingerprint density at radius 3 is 2.68 bits per heavy atom. The van der Waals surface area contributed by atoms with Crippen LogP contribution in [0, 0.1) is 5.92 Å². The molecule has 1 fully saturated rings. The van der Waals surface area contributed by atoms with Gasteiger partial charge in [0, 0.05) is 44.4 Å². The summed E-state index contributed by atoms with van der Waals surface area (Å²) in [5.74, 6) is 0.0795. The Kier molecular flexibility index (Phi) is 11.4. The van der Waals surface area contributed by atoms with Crippen LogP contribution in [-0.2, 0) is 16.0 Å². The second-order valence-electron chi connectivity index (χ2n) is 6.22. The van der Waals surface area contributed by atoms with Crippen molar-refractivity contribution in [1.29, 1.82) is 0 Å². The van der Waals surface area contributed by atoms with E-state index in [0.29, 0.717) is 19.4 Å². The van der Waals surface area contributed by atoms with Crippen molar-refractivity contribution in [3.05, 3.63) is 30.1 Å². The van der Waals surface area contributed by atoms with Gasteiger partial charge >= 0.3 is 0 Å². The summed E-state index contributed by atoms with van der Waals surface area (Å²) in [4.78, 5) is 29.8. The number of halogens is 2. The van der Waals surface area contributed by atoms with Gasteiger partial charge < -0.3 is 16.0 Å². The van der Waals surface area contributed by atoms with Gasteiger partial charge in [-0.15, -0.1) is 24.8 Å². The van der Waals surface area contributed by atoms with E-state index in [1.807, 2.05) is 18.2 Å². The zero-order valence-electron chi connectivity index (χ0n) is 14.5. The van der Waals surface area contributed by atoms with E-state index in [1.165, 1.54) is 0 Å². The maximum absolute atomic E-state index is 12.0. The average molecular weight is 391 g/mol. The van der Waals surface area contributed by atoms with E-state index in [4.69, 9.17) is 5.73 Å². The third-order valence-electron chi connectivity index (χ3n) is 4.46. The summed E-state index contributed by atoms with van der Waals surface area (Å²) in [6, 6.07) is 5.85. The molecule has 6 nitrogen and oxygen atoms in total. The van der Waals surface area contributed by atoms with Gasteiger partial charge in [-0.2, -0.15) is 0 Å². The van der Waals surface area contributed by atoms with Crippen molar-refractivity contribution in [2.75, 3.05) is 20.1 Å². The number of pyridine rings is 1. The van der Waals surface area contributed by atoms with Crippen LogP contribution in [0.1, 0.15) is 31.4 Å². The predicted molar refractivity (Wildman–Crippen MR) is 103 cm³/mol. The minimum absolute atomic E-state index is 0. The van der Waals surface area contributed by atoms with Gasteiger partial charge in [0.15, 0.2) is 0 Å². The minimum atomic E-state index is -0.0926. The van der Waals surface area contributed by atoms with Gasteiger partial charge in [0.25, 0.3) is 0 Å². The summed E-state index contributed by atoms with van der Waals surface area (Å²) < 4.78 is 0. The first-order chi connectivity index (χ1) is 11.1. The normalized spacial score (nSPS) is 18.6. The first-order valence-corrected chi connectivity index (χ1v) is 8.22. The van der Waals surface area contributed by atoms with E-state index in [9.17, 15) is 9.59 Å². The highest BCUT2D eigenvalue weighted by atomic mass is 35.5. The third-order valence-corrected chi connectivity index (χ3v) is 4.46. The Hall–Kier alpha value is -1.37. The number of rotatable bonds is 7. The number of nitrogens with zero attached hydrogens (tertiary/aromatic N) is 2. The number of nitrogens with two attached hydrogens (primary N) is 1. The van der Waals surface area contributed by atoms with Gasteiger partial charge in [0.2, 0.25) is 11.8 Å². The topological polar surface area (TPSA) is 88.3 Å². The van der Waals surface area contributed by atoms with Crippen molar-refractivity contribution in [1.82, 2.24) is 15.2 Å². The Morgan fingerprint density at radius 1 is 1.32 bits per heavy atom. The largest absolute Gasteiger partial charge is 0.347 e. The van der Waals surface area contributed by atoms with Crippen LogP contribution in [0.4, 0.5) is 0 Å². The van der Waals surface area contributed by atoms with Gasteiger partial charge in [0.05, 0.1) is 6.54 Å². The quantitative estimate of drug-likeness (QED) is 0.739. The first kappa shape index (κ1) is 23.6. The second kappa shape index (κ2) is 12.1. The van der Waals surface area contributed by atoms with E-state index in [-0.39, 0.29) is 55.1 Å². The smallest absolute Gasteiger partial charge is 0.241 e. The Labute approximate surface area is 161 Å². The summed E-state index contributed by atoms with van der Waals surface area (Å²) in [5.41, 5.74) is 6.92. The van der Waals surface area contributed by atoms with Crippen molar-refractivity contribution in [2.45, 2.75) is 38.1 Å². The van der Waals surface area contributed by atoms with Crippen molar-refractivity contribution in [3.63, 3.8) is 0 Å². The van der Waals surface area contributed by atoms with Gasteiger partial charge in [-0.25, -0.2) is 0 Å². The molecule has 0 bridgehead atoms. The van der Waals surface area contributed by atoms with Gasteiger partial charge in [-0.3, -0.25) is 14.6 Å². The lowest BCUT2D eigenvalue weighted by Gasteiger charge is -2.18. The molecule has 2 rings (SSSR count). The third kappa shape index (κ3) is 8.03. The molecule has 1 aromatic rings. The molecular formula is C17H28Cl2N4O2. The van der Waals surface area contributed by atoms with E-state index < -0.39 is 0 Å². The highest BCUT2D eigenvalue weighted by molar-refractivity contribution is 5.86. The van der Waals surface area contributed by atoms with E-state index in [0.717, 1.165) is 25.0 Å². The van der Waals surface area contributed by atoms with Crippen LogP contribution in [-0.4, -0.2) is 47.9 Å². The number of carbonyl (C=O) groups is 2. The van der Waals surface area contributed by atoms with Crippen LogP contribution in [0.3, 0.4) is 0 Å². The van der Waals surface area contributed by atoms with Crippen molar-refractivity contribution < 1.29 is 9.59 Å². The summed E-state index contributed by atoms with van der Waals surface area (Å²) in [5, 5.41) is 2.71. The highest BCUT2D eigenvalue weighted by Gasteiger charge is 2.26. The Morgan fingerprint density at radius 2 is 2.08 bits per heavy atom. The fourth-order valence-electron chi connectivity index (χ4n) is 2.89. The Balaban J connectivity index is 0.00000288. The molecule has 0 saturated heterocycles. The van der Waals surface area contributed by atoms with Crippen LogP contribution < -0.4 is 11.1 Å². The second-order valence-corrected chi connectivity index (χ2v) is 6.22. The summed E-state index contributed by atoms with van der Waals surface area (Å²) >= 11 is 0. The molecule has 0 radical (unpaired) electrons. The average Bonchev–Trinajstić information content (AvgIpc) is 2.96. The summed E-state index contributed by atoms with van der Waals surface area (Å²) in [6.07, 6.45) is 5.96. The number of aromatic nitrogens is 1. The summed E-state index contributed by atoms with van der Waals surface area (Å²) in [7, 11) is 1.74. The van der Waals surface area contributed by atoms with Crippen molar-refractivity contribution in [3.8, 4) is 0 Å². The molecule has 0 aliphatic heterocycles. The molecule has 2 atom stereocenters. The van der Waals surface area contributed by atoms with Crippen LogP contribution in [0.2, 0.25) is 0 Å². The maximum atomic E-state index is 12.0. The standard InChI is InChI=1S/C17H26N4O2.2ClH/c1-21(10-8-14-6-2-3-9-19-14)17(23)12-20-16(22)11-13-5-4-7-15(13)18;;/h2-3,6,9,13,15H,4-5,7-8,10-12,18H2,1H3,(H,20,22);2*1H/t13-,15+;;/m0../s1. The summed E-state index contributed by atoms with van der Waals surface area (Å²) in [6.45, 7) is 0.624. The molecule has 0 spiro atoms. The monoisotopic (exact) mass is 390 g/mol. The molecule has 1 heterocycles. The van der Waals surface area contributed by atoms with E-state index >= 15 is 0 Å². The van der Waals surface area contributed by atoms with Gasteiger partial charge in [-0.05, 0) is 30.9 Å². The van der Waals surface area contributed by atoms with Crippen molar-refractivity contribution in [2.24, 2.45) is 11.7 Å². The lowest BCUT2D eigenvalue weighted by Crippen LogP contribution is -2.40. The molecule has 1 aromatic heterocycles. The maximum Gasteiger partial charge on any atom is 0.241 e. The number of amides is 2. The molecule has 1 aliphatic carbocycles. The number of likely N-dealkylation sites (N-methyl/N-ethyl adjacent to an activating group) is 1. The zero-order chi connectivity index (χ0) is 16.7. The van der Waals surface area contributed by atoms with Crippen LogP contribution in [0.15, 0.2) is 24.4 Å². The van der Waals surface area contributed by atoms with Gasteiger partial charge in [0.1, 0.15) is 0 Å². The number of hydrogen-bond donors (Lipinski definition) is 2. The molecule has 0 unspecified atom stereocenters. The zero-order valence-corrected chi connectivity index (χ0v) is 16.2. The lowest BCUT2D eigenvalue weighted by molar-refractivity contribution is -0.132. The molecule has 0 aromatic carbocycles. The van der Waals surface area contributed by atoms with Gasteiger partial charge in [-0.1, -0.05) is 12.5 Å². The fraction of sp³-hybridized carbons (Fsp3) is 0.588. The number of nitrogens with one attached hydrogen (secondary N) is 1. The SMILES string of the molecule is CN(CCc1ccccn1)C(=O)CNC(=O)C[C@@H]1CCC[C@H]1N.Cl.Cl. The molecule has 3 N–H and O–H groups in total. The molecule has 8 heteroatoms. The molecule has 25 heavy (non-hydrogen) atoms.